The van der Waals surface area contributed by atoms with Gasteiger partial charge in [0, 0.05) is 63.3 Å². The third kappa shape index (κ3) is 10.9. The predicted octanol–water partition coefficient (Wildman–Crippen LogP) is 12.2. The van der Waals surface area contributed by atoms with Crippen LogP contribution in [0.1, 0.15) is 86.6 Å². The van der Waals surface area contributed by atoms with E-state index >= 15 is 0 Å². The Kier molecular flexibility index (Phi) is 15.5. The van der Waals surface area contributed by atoms with E-state index in [1.807, 2.05) is 148 Å². The summed E-state index contributed by atoms with van der Waals surface area (Å²) in [6.45, 7) is 21.1. The van der Waals surface area contributed by atoms with Gasteiger partial charge in [0.2, 0.25) is 0 Å². The minimum atomic E-state index is -0.588. The molecule has 61 heavy (non-hydrogen) atoms. The average Bonchev–Trinajstić information content (AvgIpc) is 3.29. The fraction of sp³-hybridized carbons (Fsp3) is 0.179. The normalized spacial score (nSPS) is 11.8. The number of Topliss-reactive ketones (excluding diaryl/α,β-unsaturated/α-hetero) is 4. The number of ketones is 4. The molecule has 0 amide bonds. The van der Waals surface area contributed by atoms with Gasteiger partial charge < -0.3 is 4.90 Å². The van der Waals surface area contributed by atoms with Crippen LogP contribution in [0.3, 0.4) is 0 Å². The molecule has 0 aliphatic heterocycles. The van der Waals surface area contributed by atoms with Crippen LogP contribution < -0.4 is 0 Å². The molecule has 0 spiro atoms. The summed E-state index contributed by atoms with van der Waals surface area (Å²) in [7, 11) is 3.90. The van der Waals surface area contributed by atoms with Gasteiger partial charge in [0.15, 0.2) is 23.1 Å². The number of carbonyl (C=O) groups excluding carboxylic acids is 4. The van der Waals surface area contributed by atoms with Crippen LogP contribution in [0.15, 0.2) is 194 Å². The zero-order valence-corrected chi connectivity index (χ0v) is 36.2. The topological polar surface area (TPSA) is 71.5 Å². The molecule has 0 bridgehead atoms. The summed E-state index contributed by atoms with van der Waals surface area (Å²) in [5, 5.41) is 0. The number of hydrogen-bond acceptors (Lipinski definition) is 5. The van der Waals surface area contributed by atoms with E-state index in [2.05, 4.69) is 39.7 Å². The van der Waals surface area contributed by atoms with Crippen molar-refractivity contribution in [3.8, 4) is 0 Å². The number of rotatable bonds is 16. The second kappa shape index (κ2) is 20.9. The lowest BCUT2D eigenvalue weighted by Gasteiger charge is -2.31. The third-order valence-corrected chi connectivity index (χ3v) is 11.4. The van der Waals surface area contributed by atoms with Crippen molar-refractivity contribution >= 4 is 23.1 Å². The summed E-state index contributed by atoms with van der Waals surface area (Å²) in [5.74, 6) is -1.94. The second-order valence-corrected chi connectivity index (χ2v) is 15.7. The van der Waals surface area contributed by atoms with E-state index in [4.69, 9.17) is 0 Å². The van der Waals surface area contributed by atoms with Gasteiger partial charge in [0.25, 0.3) is 0 Å². The van der Waals surface area contributed by atoms with Gasteiger partial charge in [-0.2, -0.15) is 0 Å². The number of carbonyl (C=O) groups is 4. The van der Waals surface area contributed by atoms with Gasteiger partial charge in [0.1, 0.15) is 0 Å². The zero-order chi connectivity index (χ0) is 44.2. The maximum atomic E-state index is 13.8. The van der Waals surface area contributed by atoms with E-state index in [-0.39, 0.29) is 23.1 Å². The highest BCUT2D eigenvalue weighted by Crippen LogP contribution is 2.39. The highest BCUT2D eigenvalue weighted by Gasteiger charge is 2.36. The monoisotopic (exact) mass is 805 g/mol. The summed E-state index contributed by atoms with van der Waals surface area (Å²) in [6.07, 6.45) is 0. The Labute approximate surface area is 361 Å². The quantitative estimate of drug-likeness (QED) is 0.0720. The summed E-state index contributed by atoms with van der Waals surface area (Å²) in [5.41, 5.74) is 9.67. The Bertz CT molecular complexity index is 2470. The molecule has 0 aliphatic carbocycles. The maximum Gasteiger partial charge on any atom is 0.189 e. The minimum absolute atomic E-state index is 0.0206. The lowest BCUT2D eigenvalue weighted by atomic mass is 9.73. The largest absolute Gasteiger partial charge is 0.309 e. The molecule has 0 radical (unpaired) electrons. The van der Waals surface area contributed by atoms with E-state index in [0.29, 0.717) is 45.5 Å². The van der Waals surface area contributed by atoms with Crippen LogP contribution in [0.4, 0.5) is 0 Å². The molecule has 2 unspecified atom stereocenters. The Balaban J connectivity index is 0.000000232. The van der Waals surface area contributed by atoms with E-state index in [1.54, 1.807) is 36.4 Å². The molecule has 308 valence electrons. The molecule has 0 N–H and O–H groups in total. The van der Waals surface area contributed by atoms with Crippen molar-refractivity contribution in [2.24, 2.45) is 5.92 Å². The van der Waals surface area contributed by atoms with Crippen LogP contribution in [-0.2, 0) is 0 Å². The molecule has 0 fully saturated rings. The van der Waals surface area contributed by atoms with Crippen LogP contribution in [0, 0.1) is 33.6 Å². The summed E-state index contributed by atoms with van der Waals surface area (Å²) < 4.78 is 0. The first-order chi connectivity index (χ1) is 29.2. The Morgan fingerprint density at radius 1 is 0.443 bits per heavy atom. The van der Waals surface area contributed by atoms with Crippen molar-refractivity contribution in [1.29, 1.82) is 0 Å². The standard InChI is InChI=1S/C29H31NO2.C27H24O2/c1-20-13-12-18-25(21(20)2)27(22(3)28(31)23-14-8-6-9-15-23)26(19-30(4)5)29(32)24-16-10-7-11-17-24;1-18-12-11-17-24(19(18)2)25(20(3)26(28)22-13-7-5-8-14-22)21(4)27(29)23-15-9-6-10-16-23/h6-18,26-27H,3,19H2,1-2,4-5H3;5-17,25H,3-4H2,1-2H3. The molecular weight excluding hydrogens is 751 g/mol. The van der Waals surface area contributed by atoms with Crippen molar-refractivity contribution in [3.63, 3.8) is 0 Å². The highest BCUT2D eigenvalue weighted by molar-refractivity contribution is 6.15. The first-order valence-corrected chi connectivity index (χ1v) is 20.4. The lowest BCUT2D eigenvalue weighted by Crippen LogP contribution is -2.35. The van der Waals surface area contributed by atoms with Gasteiger partial charge in [-0.15, -0.1) is 0 Å². The summed E-state index contributed by atoms with van der Waals surface area (Å²) >= 11 is 0. The number of aryl methyl sites for hydroxylation is 2. The molecule has 5 heteroatoms. The Morgan fingerprint density at radius 2 is 0.787 bits per heavy atom. The lowest BCUT2D eigenvalue weighted by molar-refractivity contribution is 0.0875. The molecule has 0 saturated heterocycles. The van der Waals surface area contributed by atoms with Crippen molar-refractivity contribution in [2.75, 3.05) is 20.6 Å². The van der Waals surface area contributed by atoms with Crippen molar-refractivity contribution in [1.82, 2.24) is 4.90 Å². The van der Waals surface area contributed by atoms with Crippen LogP contribution in [-0.4, -0.2) is 48.7 Å². The van der Waals surface area contributed by atoms with Crippen molar-refractivity contribution < 1.29 is 19.2 Å². The maximum absolute atomic E-state index is 13.8. The molecule has 0 heterocycles. The van der Waals surface area contributed by atoms with Gasteiger partial charge in [0.05, 0.1) is 0 Å². The molecule has 5 nitrogen and oxygen atoms in total. The molecule has 0 aliphatic rings. The third-order valence-electron chi connectivity index (χ3n) is 11.4. The van der Waals surface area contributed by atoms with Gasteiger partial charge in [-0.25, -0.2) is 0 Å². The van der Waals surface area contributed by atoms with Crippen LogP contribution >= 0.6 is 0 Å². The minimum Gasteiger partial charge on any atom is -0.309 e. The summed E-state index contributed by atoms with van der Waals surface area (Å²) in [6, 6.07) is 48.5. The molecule has 6 aromatic rings. The first kappa shape index (κ1) is 45.3. The number of hydrogen-bond donors (Lipinski definition) is 0. The van der Waals surface area contributed by atoms with Crippen LogP contribution in [0.25, 0.3) is 0 Å². The highest BCUT2D eigenvalue weighted by atomic mass is 16.1. The van der Waals surface area contributed by atoms with Crippen LogP contribution in [0.5, 0.6) is 0 Å². The van der Waals surface area contributed by atoms with Crippen molar-refractivity contribution in [3.05, 3.63) is 250 Å². The number of nitrogens with zero attached hydrogens (tertiary/aromatic N) is 1. The van der Waals surface area contributed by atoms with E-state index < -0.39 is 17.8 Å². The molecule has 0 saturated carbocycles. The molecule has 6 rings (SSSR count). The van der Waals surface area contributed by atoms with Crippen molar-refractivity contribution in [2.45, 2.75) is 39.5 Å². The van der Waals surface area contributed by atoms with E-state index in [9.17, 15) is 19.2 Å². The van der Waals surface area contributed by atoms with E-state index in [1.165, 1.54) is 0 Å². The second-order valence-electron chi connectivity index (χ2n) is 15.7. The van der Waals surface area contributed by atoms with Gasteiger partial charge in [-0.1, -0.05) is 177 Å². The first-order valence-electron chi connectivity index (χ1n) is 20.4. The SMILES string of the molecule is C=C(C(=O)c1ccccc1)C(C(=C)C(=O)c1ccccc1)c1cccc(C)c1C.C=C(C(=O)c1ccccc1)C(c1cccc(C)c1C)C(CN(C)C)C(=O)c1ccccc1. The zero-order valence-electron chi connectivity index (χ0n) is 36.2. The fourth-order valence-electron chi connectivity index (χ4n) is 7.71. The van der Waals surface area contributed by atoms with Gasteiger partial charge in [-0.3, -0.25) is 19.2 Å². The molecule has 6 aromatic carbocycles. The molecule has 2 atom stereocenters. The number of benzene rings is 6. The number of allylic oxidation sites excluding steroid dienone is 3. The predicted molar refractivity (Wildman–Crippen MR) is 250 cm³/mol. The van der Waals surface area contributed by atoms with Gasteiger partial charge >= 0.3 is 0 Å². The molecule has 0 aromatic heterocycles. The smallest absolute Gasteiger partial charge is 0.189 e. The average molecular weight is 806 g/mol. The van der Waals surface area contributed by atoms with Gasteiger partial charge in [-0.05, 0) is 75.2 Å². The summed E-state index contributed by atoms with van der Waals surface area (Å²) in [4.78, 5) is 55.6. The Morgan fingerprint density at radius 3 is 1.18 bits per heavy atom. The fourth-order valence-corrected chi connectivity index (χ4v) is 7.71. The van der Waals surface area contributed by atoms with E-state index in [0.717, 1.165) is 33.4 Å². The Hall–Kier alpha value is -6.82. The molecular formula is C56H55NO4. The van der Waals surface area contributed by atoms with Crippen LogP contribution in [0.2, 0.25) is 0 Å².